The van der Waals surface area contributed by atoms with E-state index in [9.17, 15) is 4.79 Å². The van der Waals surface area contributed by atoms with Crippen molar-refractivity contribution in [1.82, 2.24) is 10.3 Å². The first-order valence-electron chi connectivity index (χ1n) is 8.73. The van der Waals surface area contributed by atoms with Crippen LogP contribution in [-0.4, -0.2) is 30.5 Å². The SMILES string of the molecule is O=C(Cc1nc2ccccc2o1)NCCN1CCCc2ccccc21. The van der Waals surface area contributed by atoms with E-state index in [1.54, 1.807) is 0 Å². The molecule has 2 aromatic carbocycles. The van der Waals surface area contributed by atoms with Crippen LogP contribution in [0.5, 0.6) is 0 Å². The summed E-state index contributed by atoms with van der Waals surface area (Å²) in [4.78, 5) is 18.8. The van der Waals surface area contributed by atoms with Gasteiger partial charge in [-0.3, -0.25) is 4.79 Å². The molecule has 1 N–H and O–H groups in total. The molecule has 0 saturated heterocycles. The van der Waals surface area contributed by atoms with Crippen LogP contribution in [0.25, 0.3) is 11.1 Å². The zero-order valence-corrected chi connectivity index (χ0v) is 14.1. The lowest BCUT2D eigenvalue weighted by Crippen LogP contribution is -2.38. The van der Waals surface area contributed by atoms with Gasteiger partial charge >= 0.3 is 0 Å². The molecular formula is C20H21N3O2. The van der Waals surface area contributed by atoms with Crippen LogP contribution in [0.15, 0.2) is 52.9 Å². The van der Waals surface area contributed by atoms with Gasteiger partial charge in [-0.15, -0.1) is 0 Å². The number of carbonyl (C=O) groups is 1. The van der Waals surface area contributed by atoms with Gasteiger partial charge < -0.3 is 14.6 Å². The van der Waals surface area contributed by atoms with Gasteiger partial charge in [-0.25, -0.2) is 4.98 Å². The summed E-state index contributed by atoms with van der Waals surface area (Å²) in [5.41, 5.74) is 4.19. The van der Waals surface area contributed by atoms with Crippen molar-refractivity contribution in [2.24, 2.45) is 0 Å². The molecule has 2 heterocycles. The lowest BCUT2D eigenvalue weighted by molar-refractivity contribution is -0.120. The van der Waals surface area contributed by atoms with Gasteiger partial charge in [-0.05, 0) is 36.6 Å². The Balaban J connectivity index is 1.31. The maximum absolute atomic E-state index is 12.1. The molecule has 1 aromatic heterocycles. The van der Waals surface area contributed by atoms with E-state index < -0.39 is 0 Å². The molecule has 0 saturated carbocycles. The number of carbonyl (C=O) groups excluding carboxylic acids is 1. The molecule has 25 heavy (non-hydrogen) atoms. The number of fused-ring (bicyclic) bond motifs is 2. The first-order chi connectivity index (χ1) is 12.3. The van der Waals surface area contributed by atoms with Crippen molar-refractivity contribution in [1.29, 1.82) is 0 Å². The molecule has 0 spiro atoms. The van der Waals surface area contributed by atoms with E-state index in [0.717, 1.165) is 37.0 Å². The third-order valence-electron chi connectivity index (χ3n) is 4.56. The smallest absolute Gasteiger partial charge is 0.229 e. The molecule has 0 atom stereocenters. The molecular weight excluding hydrogens is 314 g/mol. The Hall–Kier alpha value is -2.82. The van der Waals surface area contributed by atoms with Crippen LogP contribution in [0.2, 0.25) is 0 Å². The molecule has 0 fully saturated rings. The molecule has 0 aliphatic carbocycles. The minimum absolute atomic E-state index is 0.0585. The van der Waals surface area contributed by atoms with E-state index in [2.05, 4.69) is 39.5 Å². The number of rotatable bonds is 5. The molecule has 4 rings (SSSR count). The summed E-state index contributed by atoms with van der Waals surface area (Å²) in [6.07, 6.45) is 2.47. The Bertz CT molecular complexity index is 854. The summed E-state index contributed by atoms with van der Waals surface area (Å²) in [7, 11) is 0. The monoisotopic (exact) mass is 335 g/mol. The number of nitrogens with one attached hydrogen (secondary N) is 1. The number of oxazole rings is 1. The number of benzene rings is 2. The van der Waals surface area contributed by atoms with Gasteiger partial charge in [-0.1, -0.05) is 30.3 Å². The molecule has 3 aromatic rings. The van der Waals surface area contributed by atoms with Crippen molar-refractivity contribution in [2.75, 3.05) is 24.5 Å². The van der Waals surface area contributed by atoms with Crippen molar-refractivity contribution in [3.05, 3.63) is 60.0 Å². The van der Waals surface area contributed by atoms with Crippen LogP contribution >= 0.6 is 0 Å². The number of hydrogen-bond acceptors (Lipinski definition) is 4. The summed E-state index contributed by atoms with van der Waals surface area (Å²) in [5.74, 6) is 0.402. The average Bonchev–Trinajstić information content (AvgIpc) is 3.04. The van der Waals surface area contributed by atoms with Gasteiger partial charge in [0.05, 0.1) is 0 Å². The molecule has 0 radical (unpaired) electrons. The number of aryl methyl sites for hydroxylation is 1. The van der Waals surface area contributed by atoms with Gasteiger partial charge in [0.25, 0.3) is 0 Å². The highest BCUT2D eigenvalue weighted by molar-refractivity contribution is 5.79. The summed E-state index contributed by atoms with van der Waals surface area (Å²) in [6.45, 7) is 2.47. The summed E-state index contributed by atoms with van der Waals surface area (Å²) >= 11 is 0. The summed E-state index contributed by atoms with van der Waals surface area (Å²) in [5, 5.41) is 2.97. The normalized spacial score (nSPS) is 13.7. The van der Waals surface area contributed by atoms with E-state index in [1.165, 1.54) is 11.3 Å². The van der Waals surface area contributed by atoms with Crippen LogP contribution in [0, 0.1) is 0 Å². The quantitative estimate of drug-likeness (QED) is 0.779. The molecule has 1 amide bonds. The topological polar surface area (TPSA) is 58.4 Å². The van der Waals surface area contributed by atoms with Crippen LogP contribution < -0.4 is 10.2 Å². The second kappa shape index (κ2) is 6.97. The largest absolute Gasteiger partial charge is 0.440 e. The van der Waals surface area contributed by atoms with Gasteiger partial charge in [0.15, 0.2) is 5.58 Å². The predicted molar refractivity (Wildman–Crippen MR) is 97.7 cm³/mol. The van der Waals surface area contributed by atoms with E-state index in [-0.39, 0.29) is 12.3 Å². The highest BCUT2D eigenvalue weighted by Crippen LogP contribution is 2.26. The average molecular weight is 335 g/mol. The Labute approximate surface area is 146 Å². The fraction of sp³-hybridized carbons (Fsp3) is 0.300. The second-order valence-corrected chi connectivity index (χ2v) is 6.32. The number of amides is 1. The Kier molecular flexibility index (Phi) is 4.37. The first-order valence-corrected chi connectivity index (χ1v) is 8.73. The Morgan fingerprint density at radius 3 is 2.92 bits per heavy atom. The van der Waals surface area contributed by atoms with E-state index in [0.29, 0.717) is 12.4 Å². The summed E-state index contributed by atoms with van der Waals surface area (Å²) in [6, 6.07) is 16.1. The molecule has 1 aliphatic rings. The molecule has 1 aliphatic heterocycles. The number of hydrogen-bond donors (Lipinski definition) is 1. The predicted octanol–water partition coefficient (Wildman–Crippen LogP) is 2.94. The zero-order chi connectivity index (χ0) is 17.1. The standard InChI is InChI=1S/C20H21N3O2/c24-19(14-20-22-16-8-2-4-10-18(16)25-20)21-11-13-23-12-5-7-15-6-1-3-9-17(15)23/h1-4,6,8-10H,5,7,11-14H2,(H,21,24). The number of nitrogens with zero attached hydrogens (tertiary/aromatic N) is 2. The van der Waals surface area contributed by atoms with Gasteiger partial charge in [0.2, 0.25) is 11.8 Å². The van der Waals surface area contributed by atoms with Gasteiger partial charge in [-0.2, -0.15) is 0 Å². The van der Waals surface area contributed by atoms with Crippen LogP contribution in [0.1, 0.15) is 17.9 Å². The lowest BCUT2D eigenvalue weighted by Gasteiger charge is -2.31. The molecule has 5 heteroatoms. The minimum Gasteiger partial charge on any atom is -0.440 e. The van der Waals surface area contributed by atoms with Crippen molar-refractivity contribution < 1.29 is 9.21 Å². The Morgan fingerprint density at radius 2 is 2.00 bits per heavy atom. The van der Waals surface area contributed by atoms with E-state index in [1.807, 2.05) is 24.3 Å². The molecule has 0 bridgehead atoms. The number of aromatic nitrogens is 1. The van der Waals surface area contributed by atoms with Crippen molar-refractivity contribution >= 4 is 22.7 Å². The van der Waals surface area contributed by atoms with Crippen LogP contribution in [0.3, 0.4) is 0 Å². The minimum atomic E-state index is -0.0585. The van der Waals surface area contributed by atoms with Crippen molar-refractivity contribution in [2.45, 2.75) is 19.3 Å². The van der Waals surface area contributed by atoms with Crippen LogP contribution in [0.4, 0.5) is 5.69 Å². The van der Waals surface area contributed by atoms with Gasteiger partial charge in [0, 0.05) is 25.3 Å². The highest BCUT2D eigenvalue weighted by Gasteiger charge is 2.16. The zero-order valence-electron chi connectivity index (χ0n) is 14.1. The van der Waals surface area contributed by atoms with E-state index >= 15 is 0 Å². The fourth-order valence-electron chi connectivity index (χ4n) is 3.37. The third-order valence-corrected chi connectivity index (χ3v) is 4.56. The molecule has 5 nitrogen and oxygen atoms in total. The maximum Gasteiger partial charge on any atom is 0.229 e. The van der Waals surface area contributed by atoms with Crippen molar-refractivity contribution in [3.63, 3.8) is 0 Å². The van der Waals surface area contributed by atoms with Crippen LogP contribution in [-0.2, 0) is 17.6 Å². The number of para-hydroxylation sites is 3. The second-order valence-electron chi connectivity index (χ2n) is 6.32. The highest BCUT2D eigenvalue weighted by atomic mass is 16.3. The van der Waals surface area contributed by atoms with Gasteiger partial charge in [0.1, 0.15) is 11.9 Å². The fourth-order valence-corrected chi connectivity index (χ4v) is 3.37. The third kappa shape index (κ3) is 3.50. The lowest BCUT2D eigenvalue weighted by atomic mass is 10.0. The van der Waals surface area contributed by atoms with E-state index in [4.69, 9.17) is 4.42 Å². The molecule has 0 unspecified atom stereocenters. The summed E-state index contributed by atoms with van der Waals surface area (Å²) < 4.78 is 5.60. The first kappa shape index (κ1) is 15.7. The maximum atomic E-state index is 12.1. The number of anilines is 1. The molecule has 128 valence electrons. The Morgan fingerprint density at radius 1 is 1.16 bits per heavy atom. The van der Waals surface area contributed by atoms with Crippen molar-refractivity contribution in [3.8, 4) is 0 Å².